The summed E-state index contributed by atoms with van der Waals surface area (Å²) in [5.41, 5.74) is 3.77. The molecule has 5 rings (SSSR count). The van der Waals surface area contributed by atoms with Gasteiger partial charge in [0.2, 0.25) is 0 Å². The van der Waals surface area contributed by atoms with E-state index < -0.39 is 11.7 Å². The van der Waals surface area contributed by atoms with Crippen LogP contribution in [0.25, 0.3) is 27.5 Å². The van der Waals surface area contributed by atoms with Crippen molar-refractivity contribution >= 4 is 27.7 Å². The number of rotatable bonds is 4. The molecule has 5 aromatic rings. The molecule has 0 aliphatic rings. The van der Waals surface area contributed by atoms with Gasteiger partial charge in [-0.15, -0.1) is 0 Å². The highest BCUT2D eigenvalue weighted by Gasteiger charge is 2.30. The van der Waals surface area contributed by atoms with Crippen molar-refractivity contribution in [2.75, 3.05) is 0 Å². The first-order valence-corrected chi connectivity index (χ1v) is 10.6. The maximum absolute atomic E-state index is 13.1. The molecule has 1 amide bonds. The van der Waals surface area contributed by atoms with Crippen molar-refractivity contribution in [3.8, 4) is 5.69 Å². The zero-order valence-corrected chi connectivity index (χ0v) is 18.1. The van der Waals surface area contributed by atoms with Crippen LogP contribution in [0.3, 0.4) is 0 Å². The van der Waals surface area contributed by atoms with Gasteiger partial charge in [0.05, 0.1) is 28.8 Å². The first-order valence-electron chi connectivity index (χ1n) is 10.6. The minimum Gasteiger partial charge on any atom is -0.346 e. The van der Waals surface area contributed by atoms with Crippen LogP contribution in [0.2, 0.25) is 0 Å². The Hall–Kier alpha value is -4.20. The lowest BCUT2D eigenvalue weighted by atomic mass is 10.1. The number of hydrogen-bond donors (Lipinski definition) is 1. The Kier molecular flexibility index (Phi) is 5.28. The number of fused-ring (bicyclic) bond motifs is 3. The van der Waals surface area contributed by atoms with Crippen LogP contribution >= 0.6 is 0 Å². The SMILES string of the molecule is Cc1ccc2c(c1)c1cc(C(=O)NCc3ccncn3)ccc1n2-c1ccc(C(F)(F)F)cc1. The number of alkyl halides is 3. The molecule has 0 radical (unpaired) electrons. The minimum absolute atomic E-state index is 0.247. The number of halogens is 3. The van der Waals surface area contributed by atoms with E-state index in [0.717, 1.165) is 39.5 Å². The summed E-state index contributed by atoms with van der Waals surface area (Å²) in [6, 6.07) is 18.1. The maximum Gasteiger partial charge on any atom is 0.416 e. The second kappa shape index (κ2) is 8.30. The molecule has 0 fully saturated rings. The first-order chi connectivity index (χ1) is 16.3. The largest absolute Gasteiger partial charge is 0.416 e. The van der Waals surface area contributed by atoms with Crippen molar-refractivity contribution in [1.82, 2.24) is 19.9 Å². The lowest BCUT2D eigenvalue weighted by Crippen LogP contribution is -2.23. The molecule has 3 aromatic carbocycles. The monoisotopic (exact) mass is 460 g/mol. The number of nitrogens with zero attached hydrogens (tertiary/aromatic N) is 3. The van der Waals surface area contributed by atoms with Gasteiger partial charge in [-0.25, -0.2) is 9.97 Å². The standard InChI is InChI=1S/C26H19F3N4O/c1-16-2-8-23-21(12-16)22-13-17(25(34)31-14-19-10-11-30-15-32-19)3-9-24(22)33(23)20-6-4-18(5-7-20)26(27,28)29/h2-13,15H,14H2,1H3,(H,31,34). The van der Waals surface area contributed by atoms with E-state index in [0.29, 0.717) is 16.9 Å². The third kappa shape index (κ3) is 3.98. The van der Waals surface area contributed by atoms with E-state index in [9.17, 15) is 18.0 Å². The maximum atomic E-state index is 13.1. The third-order valence-corrected chi connectivity index (χ3v) is 5.71. The van der Waals surface area contributed by atoms with Gasteiger partial charge in [0.15, 0.2) is 0 Å². The molecule has 2 heterocycles. The van der Waals surface area contributed by atoms with Crippen LogP contribution in [0.15, 0.2) is 79.3 Å². The van der Waals surface area contributed by atoms with E-state index in [2.05, 4.69) is 15.3 Å². The van der Waals surface area contributed by atoms with E-state index in [-0.39, 0.29) is 12.5 Å². The minimum atomic E-state index is -4.40. The zero-order valence-electron chi connectivity index (χ0n) is 18.1. The van der Waals surface area contributed by atoms with Gasteiger partial charge < -0.3 is 9.88 Å². The molecule has 0 atom stereocenters. The number of carbonyl (C=O) groups excluding carboxylic acids is 1. The van der Waals surface area contributed by atoms with Gasteiger partial charge in [-0.05, 0) is 67.6 Å². The van der Waals surface area contributed by atoms with Gasteiger partial charge in [0.1, 0.15) is 6.33 Å². The Labute approximate surface area is 192 Å². The van der Waals surface area contributed by atoms with E-state index in [4.69, 9.17) is 0 Å². The molecule has 170 valence electrons. The zero-order chi connectivity index (χ0) is 23.9. The summed E-state index contributed by atoms with van der Waals surface area (Å²) >= 11 is 0. The van der Waals surface area contributed by atoms with Crippen molar-refractivity contribution in [3.63, 3.8) is 0 Å². The number of benzene rings is 3. The predicted molar refractivity (Wildman–Crippen MR) is 124 cm³/mol. The smallest absolute Gasteiger partial charge is 0.346 e. The third-order valence-electron chi connectivity index (χ3n) is 5.71. The molecule has 34 heavy (non-hydrogen) atoms. The number of aryl methyl sites for hydroxylation is 1. The molecule has 0 unspecified atom stereocenters. The Balaban J connectivity index is 1.58. The van der Waals surface area contributed by atoms with Gasteiger partial charge in [0, 0.05) is 28.2 Å². The van der Waals surface area contributed by atoms with E-state index in [1.807, 2.05) is 41.8 Å². The van der Waals surface area contributed by atoms with E-state index in [1.165, 1.54) is 18.5 Å². The topological polar surface area (TPSA) is 59.8 Å². The fraction of sp³-hybridized carbons (Fsp3) is 0.115. The molecule has 0 aliphatic heterocycles. The van der Waals surface area contributed by atoms with Crippen LogP contribution in [0.4, 0.5) is 13.2 Å². The quantitative estimate of drug-likeness (QED) is 0.367. The number of hydrogen-bond acceptors (Lipinski definition) is 3. The Bertz CT molecular complexity index is 1510. The summed E-state index contributed by atoms with van der Waals surface area (Å²) in [7, 11) is 0. The highest BCUT2D eigenvalue weighted by molar-refractivity contribution is 6.11. The Morgan fingerprint density at radius 1 is 0.941 bits per heavy atom. The summed E-state index contributed by atoms with van der Waals surface area (Å²) in [5, 5.41) is 4.61. The molecular formula is C26H19F3N4O. The molecular weight excluding hydrogens is 441 g/mol. The number of aromatic nitrogens is 3. The number of carbonyl (C=O) groups is 1. The molecule has 5 nitrogen and oxygen atoms in total. The van der Waals surface area contributed by atoms with Crippen LogP contribution in [0.5, 0.6) is 0 Å². The highest BCUT2D eigenvalue weighted by Crippen LogP contribution is 2.35. The van der Waals surface area contributed by atoms with Crippen molar-refractivity contribution in [1.29, 1.82) is 0 Å². The van der Waals surface area contributed by atoms with Crippen molar-refractivity contribution in [2.24, 2.45) is 0 Å². The molecule has 0 saturated heterocycles. The van der Waals surface area contributed by atoms with E-state index in [1.54, 1.807) is 18.3 Å². The first kappa shape index (κ1) is 21.6. The van der Waals surface area contributed by atoms with Crippen molar-refractivity contribution < 1.29 is 18.0 Å². The highest BCUT2D eigenvalue weighted by atomic mass is 19.4. The molecule has 2 aromatic heterocycles. The van der Waals surface area contributed by atoms with Crippen molar-refractivity contribution in [3.05, 3.63) is 102 Å². The lowest BCUT2D eigenvalue weighted by Gasteiger charge is -2.11. The van der Waals surface area contributed by atoms with Crippen LogP contribution in [-0.4, -0.2) is 20.4 Å². The molecule has 0 saturated carbocycles. The Morgan fingerprint density at radius 3 is 2.32 bits per heavy atom. The van der Waals surface area contributed by atoms with Crippen LogP contribution in [0, 0.1) is 6.92 Å². The summed E-state index contributed by atoms with van der Waals surface area (Å²) in [6.45, 7) is 2.24. The predicted octanol–water partition coefficient (Wildman–Crippen LogP) is 5.83. The molecule has 0 bridgehead atoms. The van der Waals surface area contributed by atoms with Gasteiger partial charge in [0.25, 0.3) is 5.91 Å². The summed E-state index contributed by atoms with van der Waals surface area (Å²) in [4.78, 5) is 20.8. The molecule has 0 spiro atoms. The number of nitrogens with one attached hydrogen (secondary N) is 1. The summed E-state index contributed by atoms with van der Waals surface area (Å²) in [6.07, 6.45) is -1.37. The summed E-state index contributed by atoms with van der Waals surface area (Å²) in [5.74, 6) is -0.247. The van der Waals surface area contributed by atoms with Gasteiger partial charge in [-0.2, -0.15) is 13.2 Å². The lowest BCUT2D eigenvalue weighted by molar-refractivity contribution is -0.137. The summed E-state index contributed by atoms with van der Waals surface area (Å²) < 4.78 is 41.1. The average Bonchev–Trinajstić information content (AvgIpc) is 3.15. The van der Waals surface area contributed by atoms with Crippen LogP contribution < -0.4 is 5.32 Å². The number of amides is 1. The molecule has 1 N–H and O–H groups in total. The fourth-order valence-corrected chi connectivity index (χ4v) is 4.05. The van der Waals surface area contributed by atoms with Crippen LogP contribution in [-0.2, 0) is 12.7 Å². The van der Waals surface area contributed by atoms with Gasteiger partial charge in [-0.1, -0.05) is 11.6 Å². The van der Waals surface area contributed by atoms with Crippen molar-refractivity contribution in [2.45, 2.75) is 19.6 Å². The average molecular weight is 460 g/mol. The normalized spacial score (nSPS) is 11.8. The Morgan fingerprint density at radius 2 is 1.65 bits per heavy atom. The molecule has 8 heteroatoms. The second-order valence-electron chi connectivity index (χ2n) is 8.02. The molecule has 0 aliphatic carbocycles. The fourth-order valence-electron chi connectivity index (χ4n) is 4.05. The van der Waals surface area contributed by atoms with E-state index >= 15 is 0 Å². The second-order valence-corrected chi connectivity index (χ2v) is 8.02. The van der Waals surface area contributed by atoms with Crippen LogP contribution in [0.1, 0.15) is 27.2 Å². The van der Waals surface area contributed by atoms with Gasteiger partial charge >= 0.3 is 6.18 Å². The van der Waals surface area contributed by atoms with Gasteiger partial charge in [-0.3, -0.25) is 4.79 Å².